The summed E-state index contributed by atoms with van der Waals surface area (Å²) in [6.45, 7) is 6.48. The molecular formula is C18H22FN3O4S. The molecule has 0 bridgehead atoms. The van der Waals surface area contributed by atoms with Gasteiger partial charge in [-0.25, -0.2) is 13.4 Å². The first-order valence-corrected chi connectivity index (χ1v) is 9.94. The summed E-state index contributed by atoms with van der Waals surface area (Å²) in [5, 5.41) is 14.0. The zero-order chi connectivity index (χ0) is 20.0. The quantitative estimate of drug-likeness (QED) is 0.739. The van der Waals surface area contributed by atoms with Crippen LogP contribution in [0.25, 0.3) is 10.8 Å². The van der Waals surface area contributed by atoms with E-state index in [2.05, 4.69) is 26.1 Å². The monoisotopic (exact) mass is 395 g/mol. The number of rotatable bonds is 4. The van der Waals surface area contributed by atoms with Crippen LogP contribution < -0.4 is 14.3 Å². The number of nitrogens with zero attached hydrogens (tertiary/aromatic N) is 1. The Morgan fingerprint density at radius 1 is 1.30 bits per heavy atom. The predicted octanol–water partition coefficient (Wildman–Crippen LogP) is 2.71. The fourth-order valence-electron chi connectivity index (χ4n) is 2.90. The Morgan fingerprint density at radius 3 is 2.59 bits per heavy atom. The van der Waals surface area contributed by atoms with Crippen molar-refractivity contribution in [1.82, 2.24) is 4.72 Å². The Morgan fingerprint density at radius 2 is 2.00 bits per heavy atom. The van der Waals surface area contributed by atoms with Crippen molar-refractivity contribution in [1.29, 1.82) is 0 Å². The van der Waals surface area contributed by atoms with Crippen LogP contribution in [0.1, 0.15) is 27.2 Å². The minimum atomic E-state index is -4.23. The lowest BCUT2D eigenvalue weighted by Gasteiger charge is -2.20. The first-order valence-electron chi connectivity index (χ1n) is 8.50. The van der Waals surface area contributed by atoms with E-state index in [1.54, 1.807) is 22.9 Å². The molecule has 9 heteroatoms. The topological polar surface area (TPSA) is 98.7 Å². The van der Waals surface area contributed by atoms with E-state index in [0.29, 0.717) is 21.9 Å². The van der Waals surface area contributed by atoms with E-state index in [1.165, 1.54) is 6.07 Å². The fraction of sp³-hybridized carbons (Fsp3) is 0.389. The number of carbonyl (C=O) groups excluding carboxylic acids is 1. The van der Waals surface area contributed by atoms with E-state index in [-0.39, 0.29) is 10.8 Å². The molecule has 0 atom stereocenters. The molecule has 0 spiro atoms. The zero-order valence-corrected chi connectivity index (χ0v) is 16.2. The van der Waals surface area contributed by atoms with Crippen LogP contribution in [0.15, 0.2) is 24.3 Å². The molecule has 1 saturated heterocycles. The van der Waals surface area contributed by atoms with E-state index >= 15 is 4.39 Å². The minimum absolute atomic E-state index is 0.151. The lowest BCUT2D eigenvalue weighted by Crippen LogP contribution is -2.30. The van der Waals surface area contributed by atoms with Gasteiger partial charge in [0.15, 0.2) is 5.82 Å². The number of anilines is 2. The van der Waals surface area contributed by atoms with Crippen LogP contribution in [0.3, 0.4) is 0 Å². The van der Waals surface area contributed by atoms with Gasteiger partial charge in [-0.1, -0.05) is 26.8 Å². The van der Waals surface area contributed by atoms with Crippen LogP contribution in [0.2, 0.25) is 0 Å². The van der Waals surface area contributed by atoms with Crippen LogP contribution in [0.5, 0.6) is 5.75 Å². The van der Waals surface area contributed by atoms with Crippen LogP contribution in [0.4, 0.5) is 15.8 Å². The Labute approximate surface area is 157 Å². The highest BCUT2D eigenvalue weighted by molar-refractivity contribution is 7.92. The Balaban J connectivity index is 2.00. The highest BCUT2D eigenvalue weighted by Gasteiger charge is 2.37. The summed E-state index contributed by atoms with van der Waals surface area (Å²) in [5.74, 6) is -2.23. The van der Waals surface area contributed by atoms with Crippen LogP contribution in [-0.2, 0) is 15.0 Å². The molecule has 1 aliphatic heterocycles. The molecule has 0 radical (unpaired) electrons. The van der Waals surface area contributed by atoms with Crippen LogP contribution in [-0.4, -0.2) is 32.5 Å². The molecule has 2 aromatic carbocycles. The summed E-state index contributed by atoms with van der Waals surface area (Å²) in [5.41, 5.74) is 0.297. The molecule has 0 aromatic heterocycles. The van der Waals surface area contributed by atoms with Crippen molar-refractivity contribution >= 4 is 38.3 Å². The SMILES string of the molecule is CC(C)(C)CCNc1ccc2cc(O)c(N3CC(=O)NS3(=O)=O)c(F)c2c1. The Kier molecular flexibility index (Phi) is 4.67. The molecule has 0 aliphatic carbocycles. The highest BCUT2D eigenvalue weighted by atomic mass is 32.2. The third-order valence-corrected chi connectivity index (χ3v) is 5.68. The number of hydrogen-bond donors (Lipinski definition) is 3. The molecule has 0 unspecified atom stereocenters. The fourth-order valence-corrected chi connectivity index (χ4v) is 4.07. The first-order chi connectivity index (χ1) is 12.5. The number of carbonyl (C=O) groups is 1. The maximum atomic E-state index is 15.1. The lowest BCUT2D eigenvalue weighted by atomic mass is 9.92. The number of halogens is 1. The third-order valence-electron chi connectivity index (χ3n) is 4.31. The van der Waals surface area contributed by atoms with Gasteiger partial charge in [-0.15, -0.1) is 0 Å². The van der Waals surface area contributed by atoms with Crippen molar-refractivity contribution in [2.45, 2.75) is 27.2 Å². The van der Waals surface area contributed by atoms with E-state index < -0.39 is 39.9 Å². The summed E-state index contributed by atoms with van der Waals surface area (Å²) in [4.78, 5) is 11.4. The van der Waals surface area contributed by atoms with E-state index in [0.717, 1.165) is 6.42 Å². The molecule has 1 fully saturated rings. The summed E-state index contributed by atoms with van der Waals surface area (Å²) in [7, 11) is -4.23. The summed E-state index contributed by atoms with van der Waals surface area (Å²) < 4.78 is 41.5. The van der Waals surface area contributed by atoms with Gasteiger partial charge in [0.2, 0.25) is 0 Å². The van der Waals surface area contributed by atoms with Crippen molar-refractivity contribution in [2.75, 3.05) is 22.7 Å². The number of hydrogen-bond acceptors (Lipinski definition) is 5. The molecule has 3 rings (SSSR count). The van der Waals surface area contributed by atoms with Crippen molar-refractivity contribution < 1.29 is 22.7 Å². The number of phenolic OH excluding ortho intramolecular Hbond substituents is 1. The number of phenols is 1. The second-order valence-corrected chi connectivity index (χ2v) is 9.36. The molecule has 1 amide bonds. The molecule has 146 valence electrons. The molecule has 7 nitrogen and oxygen atoms in total. The maximum absolute atomic E-state index is 15.1. The largest absolute Gasteiger partial charge is 0.506 e. The van der Waals surface area contributed by atoms with Gasteiger partial charge in [0.25, 0.3) is 5.91 Å². The summed E-state index contributed by atoms with van der Waals surface area (Å²) in [6.07, 6.45) is 0.911. The van der Waals surface area contributed by atoms with Gasteiger partial charge in [0.1, 0.15) is 18.0 Å². The van der Waals surface area contributed by atoms with Crippen LogP contribution >= 0.6 is 0 Å². The summed E-state index contributed by atoms with van der Waals surface area (Å²) >= 11 is 0. The smallest absolute Gasteiger partial charge is 0.326 e. The minimum Gasteiger partial charge on any atom is -0.506 e. The number of nitrogens with one attached hydrogen (secondary N) is 2. The second-order valence-electron chi connectivity index (χ2n) is 7.77. The molecule has 2 aromatic rings. The average molecular weight is 395 g/mol. The number of fused-ring (bicyclic) bond motifs is 1. The van der Waals surface area contributed by atoms with Crippen molar-refractivity contribution in [3.05, 3.63) is 30.1 Å². The standard InChI is InChI=1S/C18H22FN3O4S/c1-18(2,3)6-7-20-12-5-4-11-8-14(23)17(16(19)13(11)9-12)22-10-15(24)21-27(22,25)26/h4-5,8-9,20,23H,6-7,10H2,1-3H3,(H,21,24). The maximum Gasteiger partial charge on any atom is 0.326 e. The van der Waals surface area contributed by atoms with E-state index in [1.807, 2.05) is 0 Å². The van der Waals surface area contributed by atoms with E-state index in [4.69, 9.17) is 0 Å². The first kappa shape index (κ1) is 19.2. The zero-order valence-electron chi connectivity index (χ0n) is 15.3. The highest BCUT2D eigenvalue weighted by Crippen LogP contribution is 2.39. The number of amides is 1. The van der Waals surface area contributed by atoms with Crippen LogP contribution in [0, 0.1) is 11.2 Å². The van der Waals surface area contributed by atoms with Gasteiger partial charge in [-0.2, -0.15) is 8.42 Å². The average Bonchev–Trinajstić information content (AvgIpc) is 2.79. The molecule has 27 heavy (non-hydrogen) atoms. The Hall–Kier alpha value is -2.55. The third kappa shape index (κ3) is 3.92. The van der Waals surface area contributed by atoms with Gasteiger partial charge in [-0.3, -0.25) is 4.79 Å². The van der Waals surface area contributed by atoms with Crippen molar-refractivity contribution in [2.24, 2.45) is 5.41 Å². The normalized spacial score (nSPS) is 16.6. The van der Waals surface area contributed by atoms with Gasteiger partial charge >= 0.3 is 10.2 Å². The molecule has 1 heterocycles. The molecular weight excluding hydrogens is 373 g/mol. The van der Waals surface area contributed by atoms with Crippen molar-refractivity contribution in [3.8, 4) is 5.75 Å². The predicted molar refractivity (Wildman–Crippen MR) is 103 cm³/mol. The number of benzene rings is 2. The Bertz CT molecular complexity index is 1020. The lowest BCUT2D eigenvalue weighted by molar-refractivity contribution is -0.117. The van der Waals surface area contributed by atoms with Gasteiger partial charge in [-0.05, 0) is 35.4 Å². The second kappa shape index (κ2) is 6.56. The molecule has 3 N–H and O–H groups in total. The van der Waals surface area contributed by atoms with Crippen molar-refractivity contribution in [3.63, 3.8) is 0 Å². The van der Waals surface area contributed by atoms with Gasteiger partial charge < -0.3 is 10.4 Å². The van der Waals surface area contributed by atoms with E-state index in [9.17, 15) is 18.3 Å². The van der Waals surface area contributed by atoms with Gasteiger partial charge in [0.05, 0.1) is 0 Å². The summed E-state index contributed by atoms with van der Waals surface area (Å²) in [6, 6.07) is 6.25. The molecule has 0 saturated carbocycles. The van der Waals surface area contributed by atoms with Gasteiger partial charge in [0, 0.05) is 17.6 Å². The molecule has 1 aliphatic rings. The number of aromatic hydroxyl groups is 1.